The molecule has 13 heavy (non-hydrogen) atoms. The third kappa shape index (κ3) is 2.76. The van der Waals surface area contributed by atoms with E-state index in [0.29, 0.717) is 0 Å². The van der Waals surface area contributed by atoms with Gasteiger partial charge in [-0.1, -0.05) is 0 Å². The molecule has 0 aromatic carbocycles. The molecule has 0 amide bonds. The topological polar surface area (TPSA) is 29.9 Å². The predicted octanol–water partition coefficient (Wildman–Crippen LogP) is 2.42. The van der Waals surface area contributed by atoms with Crippen LogP contribution in [0.15, 0.2) is 6.20 Å². The fourth-order valence-electron chi connectivity index (χ4n) is 1.22. The quantitative estimate of drug-likeness (QED) is 0.759. The van der Waals surface area contributed by atoms with E-state index in [2.05, 4.69) is 48.8 Å². The molecule has 0 fully saturated rings. The van der Waals surface area contributed by atoms with Gasteiger partial charge in [0.15, 0.2) is 0 Å². The molecule has 0 saturated heterocycles. The molecule has 1 aromatic heterocycles. The van der Waals surface area contributed by atoms with Gasteiger partial charge in [-0.2, -0.15) is 0 Å². The molecule has 0 atom stereocenters. The van der Waals surface area contributed by atoms with Gasteiger partial charge in [0.05, 0.1) is 5.69 Å². The maximum absolute atomic E-state index is 4.42. The van der Waals surface area contributed by atoms with E-state index in [4.69, 9.17) is 0 Å². The molecule has 3 nitrogen and oxygen atoms in total. The molecule has 0 bridgehead atoms. The highest BCUT2D eigenvalue weighted by Gasteiger charge is 2.13. The molecular formula is C10H19N3. The summed E-state index contributed by atoms with van der Waals surface area (Å²) in [5.41, 5.74) is 1.14. The van der Waals surface area contributed by atoms with Crippen LogP contribution in [-0.4, -0.2) is 15.1 Å². The van der Waals surface area contributed by atoms with Gasteiger partial charge in [0, 0.05) is 18.3 Å². The average molecular weight is 181 g/mol. The van der Waals surface area contributed by atoms with Crippen molar-refractivity contribution in [2.45, 2.75) is 46.7 Å². The highest BCUT2D eigenvalue weighted by molar-refractivity contribution is 5.31. The van der Waals surface area contributed by atoms with E-state index in [1.807, 2.05) is 6.92 Å². The maximum atomic E-state index is 4.42. The van der Waals surface area contributed by atoms with Gasteiger partial charge < -0.3 is 9.88 Å². The lowest BCUT2D eigenvalue weighted by molar-refractivity contribution is 0.613. The van der Waals surface area contributed by atoms with Crippen LogP contribution in [-0.2, 0) is 6.54 Å². The fraction of sp³-hybridized carbons (Fsp3) is 0.700. The van der Waals surface area contributed by atoms with Crippen molar-refractivity contribution in [2.75, 3.05) is 5.32 Å². The molecule has 0 unspecified atom stereocenters. The molecule has 1 N–H and O–H groups in total. The van der Waals surface area contributed by atoms with E-state index in [1.54, 1.807) is 0 Å². The number of rotatable bonds is 2. The molecule has 74 valence electrons. The van der Waals surface area contributed by atoms with Crippen molar-refractivity contribution in [1.82, 2.24) is 9.55 Å². The highest BCUT2D eigenvalue weighted by Crippen LogP contribution is 2.14. The average Bonchev–Trinajstić information content (AvgIpc) is 2.27. The normalized spacial score (nSPS) is 11.8. The Bertz CT molecular complexity index is 281. The first-order chi connectivity index (χ1) is 5.92. The van der Waals surface area contributed by atoms with E-state index in [1.165, 1.54) is 0 Å². The maximum Gasteiger partial charge on any atom is 0.203 e. The van der Waals surface area contributed by atoms with Gasteiger partial charge in [0.25, 0.3) is 0 Å². The summed E-state index contributed by atoms with van der Waals surface area (Å²) in [7, 11) is 0. The number of aromatic nitrogens is 2. The Hall–Kier alpha value is -0.990. The van der Waals surface area contributed by atoms with Crippen LogP contribution < -0.4 is 5.32 Å². The van der Waals surface area contributed by atoms with Gasteiger partial charge >= 0.3 is 0 Å². The lowest BCUT2D eigenvalue weighted by Gasteiger charge is -2.21. The summed E-state index contributed by atoms with van der Waals surface area (Å²) in [4.78, 5) is 4.42. The van der Waals surface area contributed by atoms with Crippen LogP contribution in [0.25, 0.3) is 0 Å². The first-order valence-electron chi connectivity index (χ1n) is 4.74. The van der Waals surface area contributed by atoms with Crippen molar-refractivity contribution < 1.29 is 0 Å². The highest BCUT2D eigenvalue weighted by atomic mass is 15.2. The summed E-state index contributed by atoms with van der Waals surface area (Å²) in [6.07, 6.45) is 2.06. The smallest absolute Gasteiger partial charge is 0.203 e. The summed E-state index contributed by atoms with van der Waals surface area (Å²) < 4.78 is 2.13. The van der Waals surface area contributed by atoms with Crippen molar-refractivity contribution in [1.29, 1.82) is 0 Å². The Kier molecular flexibility index (Phi) is 2.64. The predicted molar refractivity (Wildman–Crippen MR) is 56.0 cm³/mol. The number of imidazole rings is 1. The molecule has 0 radical (unpaired) electrons. The third-order valence-electron chi connectivity index (χ3n) is 1.72. The standard InChI is InChI=1S/C10H19N3/c1-6-13-7-8(2)11-9(13)12-10(3,4)5/h7H,6H2,1-5H3,(H,11,12). The van der Waals surface area contributed by atoms with Crippen LogP contribution in [0.2, 0.25) is 0 Å². The number of anilines is 1. The minimum absolute atomic E-state index is 0.0741. The first kappa shape index (κ1) is 10.1. The summed E-state index contributed by atoms with van der Waals surface area (Å²) >= 11 is 0. The SMILES string of the molecule is CCn1cc(C)nc1NC(C)(C)C. The van der Waals surface area contributed by atoms with Crippen molar-refractivity contribution >= 4 is 5.95 Å². The second-order valence-corrected chi connectivity index (χ2v) is 4.37. The van der Waals surface area contributed by atoms with Crippen LogP contribution in [0.1, 0.15) is 33.4 Å². The lowest BCUT2D eigenvalue weighted by Crippen LogP contribution is -2.28. The van der Waals surface area contributed by atoms with Crippen LogP contribution in [0, 0.1) is 6.92 Å². The summed E-state index contributed by atoms with van der Waals surface area (Å²) in [5, 5.41) is 3.37. The van der Waals surface area contributed by atoms with Crippen molar-refractivity contribution in [3.8, 4) is 0 Å². The Morgan fingerprint density at radius 1 is 1.46 bits per heavy atom. The molecule has 1 heterocycles. The minimum Gasteiger partial charge on any atom is -0.351 e. The molecular weight excluding hydrogens is 162 g/mol. The number of hydrogen-bond acceptors (Lipinski definition) is 2. The van der Waals surface area contributed by atoms with Gasteiger partial charge in [-0.15, -0.1) is 0 Å². The number of hydrogen-bond donors (Lipinski definition) is 1. The van der Waals surface area contributed by atoms with Gasteiger partial charge in [0.2, 0.25) is 5.95 Å². The zero-order valence-corrected chi connectivity index (χ0v) is 9.18. The Balaban J connectivity index is 2.87. The second kappa shape index (κ2) is 3.40. The van der Waals surface area contributed by atoms with E-state index < -0.39 is 0 Å². The molecule has 1 aromatic rings. The zero-order valence-electron chi connectivity index (χ0n) is 9.18. The fourth-order valence-corrected chi connectivity index (χ4v) is 1.22. The first-order valence-corrected chi connectivity index (χ1v) is 4.74. The van der Waals surface area contributed by atoms with Crippen LogP contribution in [0.4, 0.5) is 5.95 Å². The molecule has 0 saturated carbocycles. The number of nitrogens with zero attached hydrogens (tertiary/aromatic N) is 2. The van der Waals surface area contributed by atoms with E-state index in [0.717, 1.165) is 18.2 Å². The summed E-state index contributed by atoms with van der Waals surface area (Å²) in [5.74, 6) is 0.965. The molecule has 0 spiro atoms. The van der Waals surface area contributed by atoms with Crippen molar-refractivity contribution in [2.24, 2.45) is 0 Å². The molecule has 3 heteroatoms. The molecule has 0 aliphatic heterocycles. The van der Waals surface area contributed by atoms with Crippen molar-refractivity contribution in [3.05, 3.63) is 11.9 Å². The Morgan fingerprint density at radius 2 is 2.08 bits per heavy atom. The third-order valence-corrected chi connectivity index (χ3v) is 1.72. The summed E-state index contributed by atoms with van der Waals surface area (Å²) in [6, 6.07) is 0. The van der Waals surface area contributed by atoms with Crippen molar-refractivity contribution in [3.63, 3.8) is 0 Å². The monoisotopic (exact) mass is 181 g/mol. The van der Waals surface area contributed by atoms with Crippen LogP contribution in [0.5, 0.6) is 0 Å². The minimum atomic E-state index is 0.0741. The summed E-state index contributed by atoms with van der Waals surface area (Å²) in [6.45, 7) is 11.5. The number of nitrogens with one attached hydrogen (secondary N) is 1. The molecule has 1 rings (SSSR count). The number of aryl methyl sites for hydroxylation is 2. The Morgan fingerprint density at radius 3 is 2.54 bits per heavy atom. The van der Waals surface area contributed by atoms with E-state index >= 15 is 0 Å². The van der Waals surface area contributed by atoms with E-state index in [-0.39, 0.29) is 5.54 Å². The molecule has 0 aliphatic carbocycles. The second-order valence-electron chi connectivity index (χ2n) is 4.37. The van der Waals surface area contributed by atoms with Gasteiger partial charge in [-0.05, 0) is 34.6 Å². The largest absolute Gasteiger partial charge is 0.351 e. The molecule has 0 aliphatic rings. The van der Waals surface area contributed by atoms with E-state index in [9.17, 15) is 0 Å². The lowest BCUT2D eigenvalue weighted by atomic mass is 10.1. The Labute approximate surface area is 80.2 Å². The van der Waals surface area contributed by atoms with Gasteiger partial charge in [-0.3, -0.25) is 0 Å². The van der Waals surface area contributed by atoms with Crippen LogP contribution >= 0.6 is 0 Å². The zero-order chi connectivity index (χ0) is 10.1. The van der Waals surface area contributed by atoms with Gasteiger partial charge in [-0.25, -0.2) is 4.98 Å². The van der Waals surface area contributed by atoms with Crippen LogP contribution in [0.3, 0.4) is 0 Å². The van der Waals surface area contributed by atoms with Gasteiger partial charge in [0.1, 0.15) is 0 Å².